The van der Waals surface area contributed by atoms with Crippen molar-refractivity contribution in [1.82, 2.24) is 0 Å². The zero-order valence-corrected chi connectivity index (χ0v) is 8.59. The lowest BCUT2D eigenvalue weighted by molar-refractivity contribution is -0.166. The lowest BCUT2D eigenvalue weighted by atomic mass is 9.93. The van der Waals surface area contributed by atoms with E-state index in [-0.39, 0.29) is 6.54 Å². The smallest absolute Gasteiger partial charge is 0.320 e. The van der Waals surface area contributed by atoms with Crippen LogP contribution in [0.25, 0.3) is 0 Å². The van der Waals surface area contributed by atoms with Crippen molar-refractivity contribution in [2.45, 2.75) is 33.3 Å². The van der Waals surface area contributed by atoms with Crippen LogP contribution in [0.1, 0.15) is 27.7 Å². The summed E-state index contributed by atoms with van der Waals surface area (Å²) in [6.07, 6.45) is 0.529. The van der Waals surface area contributed by atoms with Crippen molar-refractivity contribution in [3.63, 3.8) is 0 Å². The Morgan fingerprint density at radius 2 is 1.85 bits per heavy atom. The van der Waals surface area contributed by atoms with Gasteiger partial charge in [-0.2, -0.15) is 0 Å². The summed E-state index contributed by atoms with van der Waals surface area (Å²) in [6, 6.07) is 0. The minimum absolute atomic E-state index is 0.0363. The zero-order chi connectivity index (χ0) is 10.7. The summed E-state index contributed by atoms with van der Waals surface area (Å²) < 4.78 is 5.03. The van der Waals surface area contributed by atoms with Crippen LogP contribution >= 0.6 is 0 Å². The maximum absolute atomic E-state index is 11.4. The molecule has 0 heterocycles. The normalized spacial score (nSPS) is 16.1. The minimum atomic E-state index is -1.21. The molecule has 0 saturated heterocycles. The standard InChI is InChI=1S/C9H17NO3/c1-8(2,3)13-7(12)9(4,5-10)6-11/h6H,5,10H2,1-4H3/t9-/m0/s1. The van der Waals surface area contributed by atoms with Crippen LogP contribution in [0, 0.1) is 5.41 Å². The Labute approximate surface area is 78.4 Å². The van der Waals surface area contributed by atoms with Gasteiger partial charge >= 0.3 is 5.97 Å². The number of carbonyl (C=O) groups is 2. The van der Waals surface area contributed by atoms with Crippen LogP contribution in [0.15, 0.2) is 0 Å². The monoisotopic (exact) mass is 187 g/mol. The summed E-state index contributed by atoms with van der Waals surface area (Å²) in [6.45, 7) is 6.66. The van der Waals surface area contributed by atoms with Crippen LogP contribution < -0.4 is 5.73 Å². The molecular weight excluding hydrogens is 170 g/mol. The van der Waals surface area contributed by atoms with Crippen molar-refractivity contribution in [3.05, 3.63) is 0 Å². The number of nitrogens with two attached hydrogens (primary N) is 1. The Bertz CT molecular complexity index is 207. The highest BCUT2D eigenvalue weighted by molar-refractivity contribution is 5.93. The van der Waals surface area contributed by atoms with E-state index in [1.54, 1.807) is 20.8 Å². The summed E-state index contributed by atoms with van der Waals surface area (Å²) >= 11 is 0. The molecule has 1 atom stereocenters. The SMILES string of the molecule is CC(C)(C)OC(=O)[C@](C)(C=O)CN. The van der Waals surface area contributed by atoms with Crippen LogP contribution in [-0.4, -0.2) is 24.4 Å². The van der Waals surface area contributed by atoms with Crippen molar-refractivity contribution in [2.24, 2.45) is 11.1 Å². The van der Waals surface area contributed by atoms with Gasteiger partial charge in [0.05, 0.1) is 0 Å². The van der Waals surface area contributed by atoms with Gasteiger partial charge in [0.1, 0.15) is 17.3 Å². The molecule has 0 aliphatic carbocycles. The van der Waals surface area contributed by atoms with E-state index < -0.39 is 17.0 Å². The maximum atomic E-state index is 11.4. The third-order valence-electron chi connectivity index (χ3n) is 1.55. The molecule has 2 N–H and O–H groups in total. The van der Waals surface area contributed by atoms with Gasteiger partial charge in [-0.15, -0.1) is 0 Å². The van der Waals surface area contributed by atoms with Gasteiger partial charge in [-0.25, -0.2) is 0 Å². The fourth-order valence-corrected chi connectivity index (χ4v) is 0.574. The molecule has 76 valence electrons. The van der Waals surface area contributed by atoms with Crippen LogP contribution in [-0.2, 0) is 14.3 Å². The molecule has 0 spiro atoms. The van der Waals surface area contributed by atoms with Crippen molar-refractivity contribution in [1.29, 1.82) is 0 Å². The highest BCUT2D eigenvalue weighted by Crippen LogP contribution is 2.18. The first-order valence-electron chi connectivity index (χ1n) is 4.15. The first kappa shape index (κ1) is 12.1. The van der Waals surface area contributed by atoms with Crippen LogP contribution in [0.5, 0.6) is 0 Å². The van der Waals surface area contributed by atoms with Crippen molar-refractivity contribution >= 4 is 12.3 Å². The summed E-state index contributed by atoms with van der Waals surface area (Å²) in [4.78, 5) is 22.0. The molecule has 0 aromatic heterocycles. The van der Waals surface area contributed by atoms with E-state index in [4.69, 9.17) is 10.5 Å². The maximum Gasteiger partial charge on any atom is 0.320 e. The fourth-order valence-electron chi connectivity index (χ4n) is 0.574. The van der Waals surface area contributed by atoms with Gasteiger partial charge in [0.25, 0.3) is 0 Å². The Hall–Kier alpha value is -0.900. The number of hydrogen-bond acceptors (Lipinski definition) is 4. The Kier molecular flexibility index (Phi) is 3.60. The van der Waals surface area contributed by atoms with E-state index in [1.807, 2.05) is 0 Å². The number of aldehydes is 1. The number of ether oxygens (including phenoxy) is 1. The zero-order valence-electron chi connectivity index (χ0n) is 8.59. The van der Waals surface area contributed by atoms with Gasteiger partial charge in [0.15, 0.2) is 0 Å². The highest BCUT2D eigenvalue weighted by atomic mass is 16.6. The molecule has 0 saturated carbocycles. The number of carbonyl (C=O) groups excluding carboxylic acids is 2. The number of rotatable bonds is 3. The molecule has 0 fully saturated rings. The topological polar surface area (TPSA) is 69.4 Å². The molecule has 0 unspecified atom stereocenters. The molecule has 0 aliphatic heterocycles. The van der Waals surface area contributed by atoms with E-state index in [0.29, 0.717) is 6.29 Å². The predicted octanol–water partition coefficient (Wildman–Crippen LogP) is 0.492. The largest absolute Gasteiger partial charge is 0.459 e. The van der Waals surface area contributed by atoms with Gasteiger partial charge in [-0.05, 0) is 27.7 Å². The predicted molar refractivity (Wildman–Crippen MR) is 49.1 cm³/mol. The Morgan fingerprint density at radius 1 is 1.38 bits per heavy atom. The van der Waals surface area contributed by atoms with E-state index in [1.165, 1.54) is 6.92 Å². The average Bonchev–Trinajstić information content (AvgIpc) is 2.00. The summed E-state index contributed by atoms with van der Waals surface area (Å²) in [5.74, 6) is -0.572. The first-order chi connectivity index (χ1) is 5.75. The molecule has 0 bridgehead atoms. The highest BCUT2D eigenvalue weighted by Gasteiger charge is 2.35. The van der Waals surface area contributed by atoms with Crippen LogP contribution in [0.4, 0.5) is 0 Å². The van der Waals surface area contributed by atoms with E-state index >= 15 is 0 Å². The van der Waals surface area contributed by atoms with Gasteiger partial charge in [0, 0.05) is 6.54 Å². The first-order valence-corrected chi connectivity index (χ1v) is 4.15. The van der Waals surface area contributed by atoms with Gasteiger partial charge < -0.3 is 15.3 Å². The average molecular weight is 187 g/mol. The molecule has 0 aromatic rings. The lowest BCUT2D eigenvalue weighted by Crippen LogP contribution is -2.42. The molecule has 0 amide bonds. The molecule has 0 radical (unpaired) electrons. The minimum Gasteiger partial charge on any atom is -0.459 e. The summed E-state index contributed by atoms with van der Waals surface area (Å²) in [5, 5.41) is 0. The van der Waals surface area contributed by atoms with Gasteiger partial charge in [-0.3, -0.25) is 4.79 Å². The molecule has 4 heteroatoms. The molecule has 0 aliphatic rings. The number of esters is 1. The number of hydrogen-bond donors (Lipinski definition) is 1. The van der Waals surface area contributed by atoms with Crippen molar-refractivity contribution in [2.75, 3.05) is 6.54 Å². The second-order valence-corrected chi connectivity index (χ2v) is 4.24. The van der Waals surface area contributed by atoms with Crippen LogP contribution in [0.3, 0.4) is 0 Å². The van der Waals surface area contributed by atoms with E-state index in [0.717, 1.165) is 0 Å². The molecule has 0 rings (SSSR count). The van der Waals surface area contributed by atoms with E-state index in [2.05, 4.69) is 0 Å². The molecule has 4 nitrogen and oxygen atoms in total. The molecule has 13 heavy (non-hydrogen) atoms. The van der Waals surface area contributed by atoms with Gasteiger partial charge in [-0.1, -0.05) is 0 Å². The van der Waals surface area contributed by atoms with Gasteiger partial charge in [0.2, 0.25) is 0 Å². The van der Waals surface area contributed by atoms with Crippen molar-refractivity contribution < 1.29 is 14.3 Å². The Balaban J connectivity index is 4.50. The van der Waals surface area contributed by atoms with Crippen LogP contribution in [0.2, 0.25) is 0 Å². The summed E-state index contributed by atoms with van der Waals surface area (Å²) in [5.41, 5.74) is 3.50. The molecule has 0 aromatic carbocycles. The second kappa shape index (κ2) is 3.87. The Morgan fingerprint density at radius 3 is 2.08 bits per heavy atom. The molecular formula is C9H17NO3. The van der Waals surface area contributed by atoms with Crippen molar-refractivity contribution in [3.8, 4) is 0 Å². The third-order valence-corrected chi connectivity index (χ3v) is 1.55. The second-order valence-electron chi connectivity index (χ2n) is 4.24. The lowest BCUT2D eigenvalue weighted by Gasteiger charge is -2.26. The third kappa shape index (κ3) is 3.55. The summed E-state index contributed by atoms with van der Waals surface area (Å²) in [7, 11) is 0. The van der Waals surface area contributed by atoms with E-state index in [9.17, 15) is 9.59 Å². The quantitative estimate of drug-likeness (QED) is 0.396. The fraction of sp³-hybridized carbons (Fsp3) is 0.778.